The molecule has 0 unspecified atom stereocenters. The fourth-order valence-electron chi connectivity index (χ4n) is 1.89. The number of benzene rings is 1. The van der Waals surface area contributed by atoms with Gasteiger partial charge in [0, 0.05) is 25.0 Å². The van der Waals surface area contributed by atoms with Crippen LogP contribution in [0, 0.1) is 11.6 Å². The summed E-state index contributed by atoms with van der Waals surface area (Å²) in [5.74, 6) is -1.18. The largest absolute Gasteiger partial charge is 0.310 e. The van der Waals surface area contributed by atoms with Gasteiger partial charge in [-0.2, -0.15) is 5.10 Å². The Morgan fingerprint density at radius 1 is 1.28 bits per heavy atom. The molecule has 18 heavy (non-hydrogen) atoms. The van der Waals surface area contributed by atoms with E-state index in [0.717, 1.165) is 12.8 Å². The van der Waals surface area contributed by atoms with Crippen molar-refractivity contribution in [1.29, 1.82) is 0 Å². The molecule has 1 aliphatic carbocycles. The highest BCUT2D eigenvalue weighted by molar-refractivity contribution is 5.37. The van der Waals surface area contributed by atoms with Crippen LogP contribution in [-0.2, 0) is 6.54 Å². The Morgan fingerprint density at radius 2 is 2.00 bits per heavy atom. The molecule has 0 bridgehead atoms. The van der Waals surface area contributed by atoms with Crippen LogP contribution in [-0.4, -0.2) is 15.8 Å². The molecule has 0 spiro atoms. The monoisotopic (exact) mass is 249 g/mol. The molecule has 1 aromatic carbocycles. The summed E-state index contributed by atoms with van der Waals surface area (Å²) in [6.07, 6.45) is 5.30. The van der Waals surface area contributed by atoms with Crippen LogP contribution < -0.4 is 5.32 Å². The lowest BCUT2D eigenvalue weighted by Gasteiger charge is -2.08. The van der Waals surface area contributed by atoms with E-state index in [-0.39, 0.29) is 5.69 Å². The van der Waals surface area contributed by atoms with E-state index in [9.17, 15) is 8.78 Å². The molecule has 0 aliphatic heterocycles. The fourth-order valence-corrected chi connectivity index (χ4v) is 1.89. The Morgan fingerprint density at radius 3 is 2.56 bits per heavy atom. The number of halogens is 2. The molecule has 1 N–H and O–H groups in total. The van der Waals surface area contributed by atoms with Crippen molar-refractivity contribution in [2.45, 2.75) is 25.4 Å². The van der Waals surface area contributed by atoms with Crippen LogP contribution in [0.25, 0.3) is 5.69 Å². The van der Waals surface area contributed by atoms with Gasteiger partial charge in [0.1, 0.15) is 5.69 Å². The molecule has 3 rings (SSSR count). The predicted molar refractivity (Wildman–Crippen MR) is 63.3 cm³/mol. The third-order valence-corrected chi connectivity index (χ3v) is 2.98. The van der Waals surface area contributed by atoms with Gasteiger partial charge < -0.3 is 5.32 Å². The van der Waals surface area contributed by atoms with Crippen molar-refractivity contribution in [3.63, 3.8) is 0 Å². The van der Waals surface area contributed by atoms with Crippen LogP contribution >= 0.6 is 0 Å². The molecule has 0 saturated heterocycles. The second-order valence-corrected chi connectivity index (χ2v) is 4.51. The number of hydrogen-bond acceptors (Lipinski definition) is 2. The molecular weight excluding hydrogens is 236 g/mol. The van der Waals surface area contributed by atoms with Crippen LogP contribution in [0.15, 0.2) is 30.6 Å². The first-order valence-corrected chi connectivity index (χ1v) is 5.95. The van der Waals surface area contributed by atoms with Crippen LogP contribution in [0.2, 0.25) is 0 Å². The van der Waals surface area contributed by atoms with Crippen LogP contribution in [0.5, 0.6) is 0 Å². The zero-order valence-corrected chi connectivity index (χ0v) is 9.74. The van der Waals surface area contributed by atoms with E-state index in [1.807, 2.05) is 0 Å². The Balaban J connectivity index is 1.87. The van der Waals surface area contributed by atoms with Crippen LogP contribution in [0.3, 0.4) is 0 Å². The van der Waals surface area contributed by atoms with Crippen molar-refractivity contribution in [2.24, 2.45) is 0 Å². The van der Waals surface area contributed by atoms with Gasteiger partial charge in [0.25, 0.3) is 0 Å². The van der Waals surface area contributed by atoms with E-state index in [4.69, 9.17) is 0 Å². The maximum Gasteiger partial charge on any atom is 0.152 e. The summed E-state index contributed by atoms with van der Waals surface area (Å²) in [5.41, 5.74) is 0.489. The summed E-state index contributed by atoms with van der Waals surface area (Å²) in [7, 11) is 0. The molecule has 5 heteroatoms. The van der Waals surface area contributed by atoms with Gasteiger partial charge >= 0.3 is 0 Å². The number of hydrogen-bond donors (Lipinski definition) is 1. The zero-order valence-electron chi connectivity index (χ0n) is 9.74. The van der Waals surface area contributed by atoms with Crippen molar-refractivity contribution in [3.8, 4) is 5.69 Å². The molecule has 1 saturated carbocycles. The average molecular weight is 249 g/mol. The fraction of sp³-hybridized carbons (Fsp3) is 0.308. The topological polar surface area (TPSA) is 29.9 Å². The minimum Gasteiger partial charge on any atom is -0.310 e. The van der Waals surface area contributed by atoms with Gasteiger partial charge in [-0.05, 0) is 36.6 Å². The van der Waals surface area contributed by atoms with Gasteiger partial charge in [-0.3, -0.25) is 0 Å². The van der Waals surface area contributed by atoms with Gasteiger partial charge in [-0.15, -0.1) is 0 Å². The highest BCUT2D eigenvalue weighted by atomic mass is 19.1. The maximum absolute atomic E-state index is 13.9. The van der Waals surface area contributed by atoms with E-state index in [2.05, 4.69) is 10.4 Å². The SMILES string of the molecule is Fc1cc(CNC2CC2)cc(F)c1-n1cccn1. The first-order chi connectivity index (χ1) is 8.74. The first-order valence-electron chi connectivity index (χ1n) is 5.95. The van der Waals surface area contributed by atoms with Crippen molar-refractivity contribution >= 4 is 0 Å². The lowest BCUT2D eigenvalue weighted by molar-refractivity contribution is 0.553. The Bertz CT molecular complexity index is 524. The molecule has 1 aromatic heterocycles. The lowest BCUT2D eigenvalue weighted by Crippen LogP contribution is -2.16. The highest BCUT2D eigenvalue weighted by Crippen LogP contribution is 2.22. The summed E-state index contributed by atoms with van der Waals surface area (Å²) >= 11 is 0. The van der Waals surface area contributed by atoms with Gasteiger partial charge in [0.05, 0.1) is 0 Å². The molecule has 2 aromatic rings. The number of nitrogens with one attached hydrogen (secondary N) is 1. The van der Waals surface area contributed by atoms with E-state index in [1.54, 1.807) is 6.07 Å². The summed E-state index contributed by atoms with van der Waals surface area (Å²) in [6, 6.07) is 4.86. The molecule has 0 amide bonds. The Hall–Kier alpha value is -1.75. The summed E-state index contributed by atoms with van der Waals surface area (Å²) in [4.78, 5) is 0. The minimum absolute atomic E-state index is 0.129. The van der Waals surface area contributed by atoms with Gasteiger partial charge in [-0.1, -0.05) is 0 Å². The quantitative estimate of drug-likeness (QED) is 0.901. The lowest BCUT2D eigenvalue weighted by atomic mass is 10.2. The molecular formula is C13H13F2N3. The molecule has 1 heterocycles. The number of rotatable bonds is 4. The molecule has 94 valence electrons. The second kappa shape index (κ2) is 4.49. The first kappa shape index (κ1) is 11.3. The number of aromatic nitrogens is 2. The van der Waals surface area contributed by atoms with Crippen molar-refractivity contribution in [2.75, 3.05) is 0 Å². The summed E-state index contributed by atoms with van der Waals surface area (Å²) in [5, 5.41) is 7.07. The Labute approximate surface area is 103 Å². The molecule has 1 aliphatic rings. The van der Waals surface area contributed by atoms with Crippen molar-refractivity contribution in [3.05, 3.63) is 47.8 Å². The average Bonchev–Trinajstić information content (AvgIpc) is 3.01. The van der Waals surface area contributed by atoms with Gasteiger partial charge in [0.2, 0.25) is 0 Å². The van der Waals surface area contributed by atoms with Gasteiger partial charge in [0.15, 0.2) is 11.6 Å². The van der Waals surface area contributed by atoms with E-state index >= 15 is 0 Å². The van der Waals surface area contributed by atoms with Crippen molar-refractivity contribution in [1.82, 2.24) is 15.1 Å². The van der Waals surface area contributed by atoms with E-state index in [0.29, 0.717) is 18.2 Å². The van der Waals surface area contributed by atoms with Crippen LogP contribution in [0.4, 0.5) is 8.78 Å². The third kappa shape index (κ3) is 2.26. The normalized spacial score (nSPS) is 15.0. The Kier molecular flexibility index (Phi) is 2.83. The molecule has 1 fully saturated rings. The molecule has 0 radical (unpaired) electrons. The van der Waals surface area contributed by atoms with Gasteiger partial charge in [-0.25, -0.2) is 13.5 Å². The number of nitrogens with zero attached hydrogens (tertiary/aromatic N) is 2. The minimum atomic E-state index is -0.591. The molecule has 3 nitrogen and oxygen atoms in total. The zero-order chi connectivity index (χ0) is 12.5. The predicted octanol–water partition coefficient (Wildman–Crippen LogP) is 2.40. The van der Waals surface area contributed by atoms with E-state index in [1.165, 1.54) is 29.2 Å². The second-order valence-electron chi connectivity index (χ2n) is 4.51. The highest BCUT2D eigenvalue weighted by Gasteiger charge is 2.20. The third-order valence-electron chi connectivity index (χ3n) is 2.98. The smallest absolute Gasteiger partial charge is 0.152 e. The summed E-state index contributed by atoms with van der Waals surface area (Å²) in [6.45, 7) is 0.498. The van der Waals surface area contributed by atoms with Crippen molar-refractivity contribution < 1.29 is 8.78 Å². The maximum atomic E-state index is 13.9. The van der Waals surface area contributed by atoms with E-state index < -0.39 is 11.6 Å². The van der Waals surface area contributed by atoms with Crippen LogP contribution in [0.1, 0.15) is 18.4 Å². The standard InChI is InChI=1S/C13H13F2N3/c14-11-6-9(8-16-10-2-3-10)7-12(15)13(11)18-5-1-4-17-18/h1,4-7,10,16H,2-3,8H2. The summed E-state index contributed by atoms with van der Waals surface area (Å²) < 4.78 is 29.0. The molecule has 0 atom stereocenters.